The van der Waals surface area contributed by atoms with Gasteiger partial charge in [0.25, 0.3) is 5.91 Å². The molecule has 1 aliphatic heterocycles. The number of nitrogens with zero attached hydrogens (tertiary/aromatic N) is 1. The van der Waals surface area contributed by atoms with Gasteiger partial charge in [-0.15, -0.1) is 0 Å². The summed E-state index contributed by atoms with van der Waals surface area (Å²) in [5.41, 5.74) is 2.86. The summed E-state index contributed by atoms with van der Waals surface area (Å²) in [5.74, 6) is -0.00587. The number of halogens is 1. The van der Waals surface area contributed by atoms with Crippen LogP contribution in [-0.4, -0.2) is 18.4 Å². The Morgan fingerprint density at radius 1 is 1.21 bits per heavy atom. The van der Waals surface area contributed by atoms with E-state index in [1.54, 1.807) is 23.1 Å². The summed E-state index contributed by atoms with van der Waals surface area (Å²) in [4.78, 5) is 26.3. The van der Waals surface area contributed by atoms with Crippen molar-refractivity contribution >= 4 is 23.2 Å². The molecule has 1 heterocycles. The lowest BCUT2D eigenvalue weighted by atomic mass is 9.92. The minimum Gasteiger partial charge on any atom is -0.481 e. The quantitative estimate of drug-likeness (QED) is 0.848. The maximum absolute atomic E-state index is 13.2. The highest BCUT2D eigenvalue weighted by Gasteiger charge is 2.27. The molecule has 2 aromatic rings. The van der Waals surface area contributed by atoms with Gasteiger partial charge < -0.3 is 15.0 Å². The Morgan fingerprint density at radius 2 is 1.89 bits per heavy atom. The van der Waals surface area contributed by atoms with E-state index in [4.69, 9.17) is 4.74 Å². The summed E-state index contributed by atoms with van der Waals surface area (Å²) in [5, 5.41) is 2.93. The number of aryl methyl sites for hydroxylation is 1. The molecule has 2 amide bonds. The number of ether oxygens (including phenoxy) is 1. The molecule has 1 N–H and O–H groups in total. The molecule has 3 rings (SSSR count). The van der Waals surface area contributed by atoms with Crippen molar-refractivity contribution in [2.24, 2.45) is 5.41 Å². The molecule has 148 valence electrons. The van der Waals surface area contributed by atoms with Gasteiger partial charge in [0.15, 0.2) is 6.61 Å². The Bertz CT molecular complexity index is 901. The highest BCUT2D eigenvalue weighted by atomic mass is 19.1. The third-order valence-corrected chi connectivity index (χ3v) is 4.47. The minimum atomic E-state index is -0.316. The van der Waals surface area contributed by atoms with Crippen LogP contribution in [-0.2, 0) is 16.1 Å². The fourth-order valence-corrected chi connectivity index (χ4v) is 3.11. The normalized spacial score (nSPS) is 13.8. The van der Waals surface area contributed by atoms with Gasteiger partial charge in [0, 0.05) is 18.2 Å². The predicted octanol–water partition coefficient (Wildman–Crippen LogP) is 4.43. The van der Waals surface area contributed by atoms with Crippen molar-refractivity contribution in [2.45, 2.75) is 40.7 Å². The molecule has 0 saturated heterocycles. The van der Waals surface area contributed by atoms with E-state index in [1.807, 2.05) is 33.8 Å². The standard InChI is InChI=1S/C22H25FN2O3/c1-14-9-18-19(10-17(14)24-20(26)11-22(2,3)4)28-13-21(27)25(18)12-15-5-7-16(23)8-6-15/h5-10H,11-13H2,1-4H3,(H,24,26). The molecule has 0 radical (unpaired) electrons. The Kier molecular flexibility index (Phi) is 5.40. The summed E-state index contributed by atoms with van der Waals surface area (Å²) in [6.07, 6.45) is 0.402. The zero-order chi connectivity index (χ0) is 20.5. The van der Waals surface area contributed by atoms with Gasteiger partial charge in [-0.25, -0.2) is 4.39 Å². The molecule has 6 heteroatoms. The maximum atomic E-state index is 13.2. The number of amides is 2. The number of hydrogen-bond donors (Lipinski definition) is 1. The van der Waals surface area contributed by atoms with Crippen molar-refractivity contribution in [1.82, 2.24) is 0 Å². The van der Waals surface area contributed by atoms with Crippen LogP contribution in [0, 0.1) is 18.2 Å². The van der Waals surface area contributed by atoms with Gasteiger partial charge in [-0.3, -0.25) is 9.59 Å². The van der Waals surface area contributed by atoms with Crippen LogP contribution in [0.15, 0.2) is 36.4 Å². The van der Waals surface area contributed by atoms with Crippen molar-refractivity contribution < 1.29 is 18.7 Å². The van der Waals surface area contributed by atoms with Crippen LogP contribution in [0.5, 0.6) is 5.75 Å². The average Bonchev–Trinajstić information content (AvgIpc) is 2.59. The van der Waals surface area contributed by atoms with E-state index < -0.39 is 0 Å². The molecule has 0 saturated carbocycles. The Balaban J connectivity index is 1.85. The van der Waals surface area contributed by atoms with Crippen LogP contribution in [0.4, 0.5) is 15.8 Å². The van der Waals surface area contributed by atoms with Gasteiger partial charge in [0.2, 0.25) is 5.91 Å². The van der Waals surface area contributed by atoms with Gasteiger partial charge in [0.05, 0.1) is 12.2 Å². The van der Waals surface area contributed by atoms with E-state index in [-0.39, 0.29) is 29.7 Å². The third-order valence-electron chi connectivity index (χ3n) is 4.47. The lowest BCUT2D eigenvalue weighted by molar-refractivity contribution is -0.121. The van der Waals surface area contributed by atoms with Gasteiger partial charge in [0.1, 0.15) is 11.6 Å². The van der Waals surface area contributed by atoms with Gasteiger partial charge >= 0.3 is 0 Å². The number of nitrogens with one attached hydrogen (secondary N) is 1. The van der Waals surface area contributed by atoms with Gasteiger partial charge in [-0.1, -0.05) is 32.9 Å². The van der Waals surface area contributed by atoms with Gasteiger partial charge in [-0.05, 0) is 41.7 Å². The second-order valence-electron chi connectivity index (χ2n) is 8.32. The average molecular weight is 384 g/mol. The summed E-state index contributed by atoms with van der Waals surface area (Å²) in [6, 6.07) is 9.66. The topological polar surface area (TPSA) is 58.6 Å². The Labute approximate surface area is 164 Å². The number of carbonyl (C=O) groups excluding carboxylic acids is 2. The fraction of sp³-hybridized carbons (Fsp3) is 0.364. The molecule has 1 aliphatic rings. The first kappa shape index (κ1) is 19.9. The van der Waals surface area contributed by atoms with Crippen LogP contribution in [0.25, 0.3) is 0 Å². The van der Waals surface area contributed by atoms with E-state index in [9.17, 15) is 14.0 Å². The molecule has 0 aliphatic carbocycles. The van der Waals surface area contributed by atoms with E-state index in [0.717, 1.165) is 11.1 Å². The summed E-state index contributed by atoms with van der Waals surface area (Å²) in [6.45, 7) is 8.15. The van der Waals surface area contributed by atoms with Crippen molar-refractivity contribution in [1.29, 1.82) is 0 Å². The molecule has 0 atom stereocenters. The first-order valence-corrected chi connectivity index (χ1v) is 9.24. The molecule has 28 heavy (non-hydrogen) atoms. The van der Waals surface area contributed by atoms with Crippen molar-refractivity contribution in [2.75, 3.05) is 16.8 Å². The number of carbonyl (C=O) groups is 2. The largest absolute Gasteiger partial charge is 0.481 e. The van der Waals surface area contributed by atoms with Crippen LogP contribution in [0.3, 0.4) is 0 Å². The second kappa shape index (κ2) is 7.62. The summed E-state index contributed by atoms with van der Waals surface area (Å²) >= 11 is 0. The minimum absolute atomic E-state index is 0.0643. The molecule has 2 aromatic carbocycles. The maximum Gasteiger partial charge on any atom is 0.265 e. The van der Waals surface area contributed by atoms with E-state index in [1.165, 1.54) is 12.1 Å². The second-order valence-corrected chi connectivity index (χ2v) is 8.32. The van der Waals surface area contributed by atoms with Crippen LogP contribution >= 0.6 is 0 Å². The molecular weight excluding hydrogens is 359 g/mol. The fourth-order valence-electron chi connectivity index (χ4n) is 3.11. The van der Waals surface area contributed by atoms with Crippen LogP contribution in [0.1, 0.15) is 38.3 Å². The van der Waals surface area contributed by atoms with Crippen molar-refractivity contribution in [3.63, 3.8) is 0 Å². The highest BCUT2D eigenvalue weighted by Crippen LogP contribution is 2.38. The van der Waals surface area contributed by atoms with E-state index in [0.29, 0.717) is 30.1 Å². The number of fused-ring (bicyclic) bond motifs is 1. The Morgan fingerprint density at radius 3 is 2.54 bits per heavy atom. The number of hydrogen-bond acceptors (Lipinski definition) is 3. The third kappa shape index (κ3) is 4.68. The number of anilines is 2. The first-order chi connectivity index (χ1) is 13.1. The summed E-state index contributed by atoms with van der Waals surface area (Å²) < 4.78 is 18.7. The van der Waals surface area contributed by atoms with Crippen LogP contribution in [0.2, 0.25) is 0 Å². The smallest absolute Gasteiger partial charge is 0.265 e. The molecule has 0 unspecified atom stereocenters. The SMILES string of the molecule is Cc1cc2c(cc1NC(=O)CC(C)(C)C)OCC(=O)N2Cc1ccc(F)cc1. The molecular formula is C22H25FN2O3. The lowest BCUT2D eigenvalue weighted by Crippen LogP contribution is -2.38. The van der Waals surface area contributed by atoms with Gasteiger partial charge in [-0.2, -0.15) is 0 Å². The Hall–Kier alpha value is -2.89. The number of rotatable bonds is 4. The molecule has 0 aromatic heterocycles. The zero-order valence-corrected chi connectivity index (χ0v) is 16.6. The number of benzene rings is 2. The van der Waals surface area contributed by atoms with E-state index in [2.05, 4.69) is 5.32 Å². The lowest BCUT2D eigenvalue weighted by Gasteiger charge is -2.30. The monoisotopic (exact) mass is 384 g/mol. The summed E-state index contributed by atoms with van der Waals surface area (Å²) in [7, 11) is 0. The first-order valence-electron chi connectivity index (χ1n) is 9.24. The van der Waals surface area contributed by atoms with Crippen molar-refractivity contribution in [3.05, 3.63) is 53.3 Å². The molecule has 0 bridgehead atoms. The molecule has 5 nitrogen and oxygen atoms in total. The zero-order valence-electron chi connectivity index (χ0n) is 16.6. The van der Waals surface area contributed by atoms with Crippen molar-refractivity contribution in [3.8, 4) is 5.75 Å². The highest BCUT2D eigenvalue weighted by molar-refractivity contribution is 5.99. The predicted molar refractivity (Wildman–Crippen MR) is 107 cm³/mol. The van der Waals surface area contributed by atoms with Crippen LogP contribution < -0.4 is 15.0 Å². The van der Waals surface area contributed by atoms with E-state index >= 15 is 0 Å². The molecule has 0 spiro atoms. The molecule has 0 fully saturated rings.